The van der Waals surface area contributed by atoms with Gasteiger partial charge in [0.15, 0.2) is 0 Å². The average molecular weight is 894 g/mol. The summed E-state index contributed by atoms with van der Waals surface area (Å²) in [5, 5.41) is 2.72. The topological polar surface area (TPSA) is 26.0 Å². The molecule has 0 aliphatic heterocycles. The Morgan fingerprint density at radius 2 is 0.912 bits per heavy atom. The van der Waals surface area contributed by atoms with Gasteiger partial charge in [-0.3, -0.25) is 0 Å². The Hall–Kier alpha value is -7.52. The fraction of sp³-hybridized carbons (Fsp3) is 0.121. The van der Waals surface area contributed by atoms with Crippen molar-refractivity contribution in [2.24, 2.45) is 0 Å². The van der Waals surface area contributed by atoms with Gasteiger partial charge in [-0.05, 0) is 132 Å². The smallest absolute Gasteiger partial charge is 0.0355 e. The highest BCUT2D eigenvalue weighted by Crippen LogP contribution is 2.51. The number of nitrogens with two attached hydrogens (primary N) is 1. The number of hydrogen-bond acceptors (Lipinski definition) is 2. The van der Waals surface area contributed by atoms with E-state index in [1.54, 1.807) is 0 Å². The Balaban J connectivity index is 0.000000115. The summed E-state index contributed by atoms with van der Waals surface area (Å²) in [5.41, 5.74) is 27.1. The predicted octanol–water partition coefficient (Wildman–Crippen LogP) is 18.2. The van der Waals surface area contributed by atoms with E-state index >= 15 is 0 Å². The van der Waals surface area contributed by atoms with Crippen molar-refractivity contribution in [3.8, 4) is 55.6 Å². The zero-order valence-electron chi connectivity index (χ0n) is 39.2. The SMILES string of the molecule is C1=CCC(c2ccccc2-c2ccccc2)C=C1.CC1(C)c2cc(N)ccc2-c2ccc(-c3ccccc3)cc21.CC1(C)c2ccccc2-c2ccc(-c3ccc4sc5ccccc5c4c3)cc21. The predicted molar refractivity (Wildman–Crippen MR) is 294 cm³/mol. The quantitative estimate of drug-likeness (QED) is 0.175. The fourth-order valence-electron chi connectivity index (χ4n) is 10.9. The van der Waals surface area contributed by atoms with Crippen molar-refractivity contribution in [2.45, 2.75) is 50.9 Å². The summed E-state index contributed by atoms with van der Waals surface area (Å²) in [4.78, 5) is 0. The molecule has 3 aliphatic rings. The Morgan fingerprint density at radius 3 is 1.62 bits per heavy atom. The van der Waals surface area contributed by atoms with Gasteiger partial charge in [0.05, 0.1) is 0 Å². The van der Waals surface area contributed by atoms with Crippen LogP contribution in [0.2, 0.25) is 0 Å². The van der Waals surface area contributed by atoms with E-state index in [0.717, 1.165) is 12.1 Å². The first kappa shape index (κ1) is 43.1. The maximum atomic E-state index is 6.01. The largest absolute Gasteiger partial charge is 0.399 e. The molecular weight excluding hydrogens is 839 g/mol. The minimum atomic E-state index is -0.00909. The molecule has 0 saturated carbocycles. The highest BCUT2D eigenvalue weighted by molar-refractivity contribution is 7.25. The van der Waals surface area contributed by atoms with E-state index in [4.69, 9.17) is 5.73 Å². The second kappa shape index (κ2) is 17.6. The second-order valence-electron chi connectivity index (χ2n) is 19.4. The first-order valence-electron chi connectivity index (χ1n) is 23.9. The molecule has 0 spiro atoms. The molecule has 330 valence electrons. The van der Waals surface area contributed by atoms with Crippen LogP contribution in [0.1, 0.15) is 67.9 Å². The first-order valence-corrected chi connectivity index (χ1v) is 24.7. The van der Waals surface area contributed by atoms with Crippen molar-refractivity contribution < 1.29 is 0 Å². The molecule has 1 atom stereocenters. The number of anilines is 1. The molecule has 1 nitrogen and oxygen atoms in total. The summed E-state index contributed by atoms with van der Waals surface area (Å²) in [7, 11) is 0. The minimum Gasteiger partial charge on any atom is -0.399 e. The fourth-order valence-corrected chi connectivity index (χ4v) is 12.0. The third-order valence-electron chi connectivity index (χ3n) is 14.5. The number of benzene rings is 9. The number of fused-ring (bicyclic) bond motifs is 9. The molecule has 3 aliphatic carbocycles. The standard InChI is InChI=1S/C27H20S.C21H19N.C18H16/c1-27(2)23-9-5-3-7-19(23)20-13-11-18(16-24(20)27)17-12-14-26-22(15-17)21-8-4-6-10-25(21)28-26;1-21(2)19-12-15(14-6-4-3-5-7-14)8-10-17(19)18-11-9-16(22)13-20(18)21;1-3-9-15(10-4-1)17-13-7-8-14-18(17)16-11-5-2-6-12-16/h3-16H,1-2H3;3-13H,22H2,1-2H3;1-11,13-14,16H,12H2. The van der Waals surface area contributed by atoms with Gasteiger partial charge in [0, 0.05) is 42.6 Å². The molecule has 0 bridgehead atoms. The molecule has 13 rings (SSSR count). The number of allylic oxidation sites excluding steroid dienone is 4. The van der Waals surface area contributed by atoms with Crippen LogP contribution in [0.15, 0.2) is 231 Å². The lowest BCUT2D eigenvalue weighted by Gasteiger charge is -2.22. The van der Waals surface area contributed by atoms with E-state index in [1.165, 1.54) is 104 Å². The summed E-state index contributed by atoms with van der Waals surface area (Å²) < 4.78 is 2.72. The van der Waals surface area contributed by atoms with Crippen molar-refractivity contribution in [1.29, 1.82) is 0 Å². The molecular formula is C66H55NS. The number of hydrogen-bond donors (Lipinski definition) is 1. The summed E-state index contributed by atoms with van der Waals surface area (Å²) in [6, 6.07) is 74.4. The lowest BCUT2D eigenvalue weighted by molar-refractivity contribution is 0.660. The summed E-state index contributed by atoms with van der Waals surface area (Å²) in [6.07, 6.45) is 9.91. The van der Waals surface area contributed by atoms with Gasteiger partial charge >= 0.3 is 0 Å². The van der Waals surface area contributed by atoms with Crippen LogP contribution in [0.3, 0.4) is 0 Å². The molecule has 0 amide bonds. The maximum absolute atomic E-state index is 6.01. The van der Waals surface area contributed by atoms with Crippen molar-refractivity contribution in [3.05, 3.63) is 258 Å². The number of rotatable bonds is 4. The molecule has 0 fully saturated rings. The van der Waals surface area contributed by atoms with Crippen LogP contribution in [-0.4, -0.2) is 0 Å². The Labute approximate surface area is 405 Å². The van der Waals surface area contributed by atoms with Crippen molar-refractivity contribution in [2.75, 3.05) is 5.73 Å². The molecule has 1 unspecified atom stereocenters. The molecule has 9 aromatic carbocycles. The van der Waals surface area contributed by atoms with Crippen LogP contribution in [0, 0.1) is 0 Å². The normalized spacial score (nSPS) is 15.3. The molecule has 1 heterocycles. The van der Waals surface area contributed by atoms with Crippen LogP contribution in [-0.2, 0) is 10.8 Å². The maximum Gasteiger partial charge on any atom is 0.0355 e. The van der Waals surface area contributed by atoms with E-state index in [-0.39, 0.29) is 10.8 Å². The van der Waals surface area contributed by atoms with Crippen LogP contribution >= 0.6 is 11.3 Å². The van der Waals surface area contributed by atoms with Crippen molar-refractivity contribution in [1.82, 2.24) is 0 Å². The third kappa shape index (κ3) is 7.79. The van der Waals surface area contributed by atoms with Crippen molar-refractivity contribution in [3.63, 3.8) is 0 Å². The van der Waals surface area contributed by atoms with E-state index in [0.29, 0.717) is 5.92 Å². The third-order valence-corrected chi connectivity index (χ3v) is 15.7. The summed E-state index contributed by atoms with van der Waals surface area (Å²) in [6.45, 7) is 9.26. The van der Waals surface area contributed by atoms with Gasteiger partial charge in [-0.2, -0.15) is 0 Å². The molecule has 0 radical (unpaired) electrons. The molecule has 2 heteroatoms. The van der Waals surface area contributed by atoms with Crippen LogP contribution < -0.4 is 5.73 Å². The number of thiophene rings is 1. The van der Waals surface area contributed by atoms with E-state index in [9.17, 15) is 0 Å². The Kier molecular flexibility index (Phi) is 11.2. The van der Waals surface area contributed by atoms with Gasteiger partial charge in [0.1, 0.15) is 0 Å². The molecule has 0 saturated heterocycles. The van der Waals surface area contributed by atoms with Gasteiger partial charge < -0.3 is 5.73 Å². The summed E-state index contributed by atoms with van der Waals surface area (Å²) >= 11 is 1.88. The zero-order chi connectivity index (χ0) is 46.4. The highest BCUT2D eigenvalue weighted by Gasteiger charge is 2.36. The minimum absolute atomic E-state index is 0.00909. The molecule has 68 heavy (non-hydrogen) atoms. The van der Waals surface area contributed by atoms with Crippen LogP contribution in [0.4, 0.5) is 5.69 Å². The molecule has 10 aromatic rings. The number of nitrogen functional groups attached to an aromatic ring is 1. The lowest BCUT2D eigenvalue weighted by atomic mass is 9.81. The van der Waals surface area contributed by atoms with Crippen molar-refractivity contribution >= 4 is 37.2 Å². The summed E-state index contributed by atoms with van der Waals surface area (Å²) in [5.74, 6) is 0.506. The molecule has 2 N–H and O–H groups in total. The van der Waals surface area contributed by atoms with Gasteiger partial charge in [-0.15, -0.1) is 11.3 Å². The second-order valence-corrected chi connectivity index (χ2v) is 20.5. The lowest BCUT2D eigenvalue weighted by Crippen LogP contribution is -2.15. The Morgan fingerprint density at radius 1 is 0.397 bits per heavy atom. The van der Waals surface area contributed by atoms with Gasteiger partial charge in [-0.25, -0.2) is 0 Å². The Bertz CT molecular complexity index is 3550. The zero-order valence-corrected chi connectivity index (χ0v) is 40.0. The first-order chi connectivity index (χ1) is 33.1. The highest BCUT2D eigenvalue weighted by atomic mass is 32.1. The van der Waals surface area contributed by atoms with Gasteiger partial charge in [-0.1, -0.05) is 216 Å². The molecule has 1 aromatic heterocycles. The van der Waals surface area contributed by atoms with E-state index in [2.05, 4.69) is 252 Å². The average Bonchev–Trinajstić information content (AvgIpc) is 3.96. The van der Waals surface area contributed by atoms with Gasteiger partial charge in [0.2, 0.25) is 0 Å². The van der Waals surface area contributed by atoms with Crippen LogP contribution in [0.5, 0.6) is 0 Å². The van der Waals surface area contributed by atoms with Crippen LogP contribution in [0.25, 0.3) is 75.8 Å². The van der Waals surface area contributed by atoms with E-state index in [1.807, 2.05) is 17.4 Å². The monoisotopic (exact) mass is 893 g/mol. The van der Waals surface area contributed by atoms with E-state index < -0.39 is 0 Å². The van der Waals surface area contributed by atoms with Gasteiger partial charge in [0.25, 0.3) is 0 Å².